The van der Waals surface area contributed by atoms with Crippen molar-refractivity contribution < 1.29 is 14.4 Å². The molecule has 0 radical (unpaired) electrons. The second-order valence-corrected chi connectivity index (χ2v) is 12.4. The number of carbonyl (C=O) groups is 3. The monoisotopic (exact) mass is 613 g/mol. The summed E-state index contributed by atoms with van der Waals surface area (Å²) in [5.41, 5.74) is 5.76. The molecule has 7 rings (SSSR count). The lowest BCUT2D eigenvalue weighted by Gasteiger charge is -2.42. The lowest BCUT2D eigenvalue weighted by Crippen LogP contribution is -2.54. The van der Waals surface area contributed by atoms with Crippen LogP contribution in [0, 0.1) is 0 Å². The van der Waals surface area contributed by atoms with Gasteiger partial charge in [0.15, 0.2) is 0 Å². The third-order valence-corrected chi connectivity index (χ3v) is 9.58. The van der Waals surface area contributed by atoms with Gasteiger partial charge in [-0.05, 0) is 55.7 Å². The second kappa shape index (κ2) is 13.3. The van der Waals surface area contributed by atoms with Crippen molar-refractivity contribution >= 4 is 23.4 Å². The highest BCUT2D eigenvalue weighted by Crippen LogP contribution is 2.27. The average molecular weight is 614 g/mol. The molecule has 8 heteroatoms. The van der Waals surface area contributed by atoms with Crippen molar-refractivity contribution in [2.24, 2.45) is 0 Å². The summed E-state index contributed by atoms with van der Waals surface area (Å²) in [5, 5.41) is 0. The Bertz CT molecular complexity index is 1640. The molecule has 0 saturated carbocycles. The number of hydrogen-bond donors (Lipinski definition) is 0. The Morgan fingerprint density at radius 1 is 0.609 bits per heavy atom. The molecule has 3 aliphatic rings. The number of likely N-dealkylation sites (tertiary alicyclic amines) is 1. The molecule has 3 saturated heterocycles. The quantitative estimate of drug-likeness (QED) is 0.283. The van der Waals surface area contributed by atoms with E-state index in [1.54, 1.807) is 4.90 Å². The van der Waals surface area contributed by atoms with Gasteiger partial charge in [0.1, 0.15) is 0 Å². The van der Waals surface area contributed by atoms with E-state index in [0.717, 1.165) is 80.2 Å². The number of hydrogen-bond acceptors (Lipinski definition) is 5. The Kier molecular flexibility index (Phi) is 8.62. The molecule has 0 N–H and O–H groups in total. The number of piperazine rings is 1. The number of pyridine rings is 1. The smallest absolute Gasteiger partial charge is 0.254 e. The van der Waals surface area contributed by atoms with E-state index in [1.807, 2.05) is 107 Å². The topological polar surface area (TPSA) is 77.1 Å². The van der Waals surface area contributed by atoms with Gasteiger partial charge < -0.3 is 14.7 Å². The first-order chi connectivity index (χ1) is 22.5. The minimum Gasteiger partial charge on any atom is -0.339 e. The van der Waals surface area contributed by atoms with Crippen LogP contribution in [0.15, 0.2) is 97.1 Å². The summed E-state index contributed by atoms with van der Waals surface area (Å²) in [4.78, 5) is 52.3. The molecule has 0 aliphatic carbocycles. The van der Waals surface area contributed by atoms with Gasteiger partial charge in [-0.15, -0.1) is 0 Å². The standard InChI is InChI=1S/C38H39N5O3/c44-36-12-7-19-43(36)33-15-13-30(14-16-33)37(45)41-20-17-32(18-21-41)40-22-24-42(25-23-40)38(46)31-26-34(28-8-3-1-4-9-28)39-35(27-31)29-10-5-2-6-11-29/h1-6,8-11,13-16,26-27,32H,7,12,17-25H2. The van der Waals surface area contributed by atoms with Crippen LogP contribution in [-0.4, -0.2) is 89.3 Å². The summed E-state index contributed by atoms with van der Waals surface area (Å²) in [5.74, 6) is 0.241. The van der Waals surface area contributed by atoms with Crippen LogP contribution in [-0.2, 0) is 4.79 Å². The van der Waals surface area contributed by atoms with Crippen LogP contribution >= 0.6 is 0 Å². The van der Waals surface area contributed by atoms with Gasteiger partial charge in [0.2, 0.25) is 5.91 Å². The van der Waals surface area contributed by atoms with Crippen molar-refractivity contribution in [2.75, 3.05) is 50.7 Å². The Labute approximate surface area is 270 Å². The first-order valence-electron chi connectivity index (χ1n) is 16.4. The number of aromatic nitrogens is 1. The van der Waals surface area contributed by atoms with Gasteiger partial charge in [-0.1, -0.05) is 60.7 Å². The normalized spacial score (nSPS) is 17.8. The van der Waals surface area contributed by atoms with Crippen LogP contribution in [0.3, 0.4) is 0 Å². The third kappa shape index (κ3) is 6.30. The molecule has 3 amide bonds. The molecule has 234 valence electrons. The van der Waals surface area contributed by atoms with Gasteiger partial charge in [0.25, 0.3) is 11.8 Å². The molecule has 3 fully saturated rings. The zero-order valence-corrected chi connectivity index (χ0v) is 26.1. The summed E-state index contributed by atoms with van der Waals surface area (Å²) in [7, 11) is 0. The summed E-state index contributed by atoms with van der Waals surface area (Å²) < 4.78 is 0. The predicted octanol–water partition coefficient (Wildman–Crippen LogP) is 5.61. The molecule has 4 heterocycles. The van der Waals surface area contributed by atoms with Gasteiger partial charge in [0, 0.05) is 86.2 Å². The Morgan fingerprint density at radius 3 is 1.70 bits per heavy atom. The molecular weight excluding hydrogens is 574 g/mol. The SMILES string of the molecule is O=C(c1ccc(N2CCCC2=O)cc1)N1CCC(N2CCN(C(=O)c3cc(-c4ccccc4)nc(-c4ccccc4)c3)CC2)CC1. The molecule has 8 nitrogen and oxygen atoms in total. The maximum Gasteiger partial charge on any atom is 0.254 e. The van der Waals surface area contributed by atoms with Gasteiger partial charge in [-0.3, -0.25) is 19.3 Å². The molecular formula is C38H39N5O3. The minimum atomic E-state index is 0.0388. The Hall–Kier alpha value is -4.82. The van der Waals surface area contributed by atoms with Crippen LogP contribution in [0.4, 0.5) is 5.69 Å². The van der Waals surface area contributed by atoms with E-state index < -0.39 is 0 Å². The minimum absolute atomic E-state index is 0.0388. The first-order valence-corrected chi connectivity index (χ1v) is 16.4. The van der Waals surface area contributed by atoms with Crippen LogP contribution in [0.2, 0.25) is 0 Å². The number of amides is 3. The number of carbonyl (C=O) groups excluding carboxylic acids is 3. The van der Waals surface area contributed by atoms with Crippen molar-refractivity contribution in [3.8, 4) is 22.5 Å². The number of piperidine rings is 1. The highest BCUT2D eigenvalue weighted by molar-refractivity contribution is 5.98. The fourth-order valence-corrected chi connectivity index (χ4v) is 6.96. The Morgan fingerprint density at radius 2 is 1.15 bits per heavy atom. The molecule has 4 aromatic rings. The molecule has 1 aromatic heterocycles. The van der Waals surface area contributed by atoms with Gasteiger partial charge in [0.05, 0.1) is 11.4 Å². The molecule has 0 bridgehead atoms. The van der Waals surface area contributed by atoms with Crippen molar-refractivity contribution in [2.45, 2.75) is 31.7 Å². The fraction of sp³-hybridized carbons (Fsp3) is 0.316. The summed E-state index contributed by atoms with van der Waals surface area (Å²) >= 11 is 0. The average Bonchev–Trinajstić information content (AvgIpc) is 3.57. The van der Waals surface area contributed by atoms with E-state index in [9.17, 15) is 14.4 Å². The van der Waals surface area contributed by atoms with Gasteiger partial charge >= 0.3 is 0 Å². The largest absolute Gasteiger partial charge is 0.339 e. The zero-order valence-electron chi connectivity index (χ0n) is 26.1. The summed E-state index contributed by atoms with van der Waals surface area (Å²) in [6, 6.07) is 31.7. The van der Waals surface area contributed by atoms with Gasteiger partial charge in [-0.25, -0.2) is 4.98 Å². The maximum absolute atomic E-state index is 13.8. The lowest BCUT2D eigenvalue weighted by molar-refractivity contribution is -0.117. The second-order valence-electron chi connectivity index (χ2n) is 12.4. The number of nitrogens with zero attached hydrogens (tertiary/aromatic N) is 5. The summed E-state index contributed by atoms with van der Waals surface area (Å²) in [6.45, 7) is 5.18. The van der Waals surface area contributed by atoms with E-state index in [0.29, 0.717) is 36.7 Å². The fourth-order valence-electron chi connectivity index (χ4n) is 6.96. The highest BCUT2D eigenvalue weighted by atomic mass is 16.2. The lowest BCUT2D eigenvalue weighted by atomic mass is 10.0. The number of anilines is 1. The third-order valence-electron chi connectivity index (χ3n) is 9.58. The zero-order chi connectivity index (χ0) is 31.5. The highest BCUT2D eigenvalue weighted by Gasteiger charge is 2.31. The van der Waals surface area contributed by atoms with E-state index in [4.69, 9.17) is 4.98 Å². The van der Waals surface area contributed by atoms with Crippen LogP contribution in [0.25, 0.3) is 22.5 Å². The molecule has 3 aliphatic heterocycles. The van der Waals surface area contributed by atoms with Gasteiger partial charge in [-0.2, -0.15) is 0 Å². The Balaban J connectivity index is 0.957. The molecule has 46 heavy (non-hydrogen) atoms. The number of benzene rings is 3. The van der Waals surface area contributed by atoms with Crippen molar-refractivity contribution in [3.05, 3.63) is 108 Å². The van der Waals surface area contributed by atoms with E-state index in [-0.39, 0.29) is 17.7 Å². The van der Waals surface area contributed by atoms with E-state index in [2.05, 4.69) is 4.90 Å². The number of rotatable bonds is 6. The molecule has 0 unspecified atom stereocenters. The van der Waals surface area contributed by atoms with E-state index >= 15 is 0 Å². The van der Waals surface area contributed by atoms with Crippen molar-refractivity contribution in [1.82, 2.24) is 19.7 Å². The molecule has 0 spiro atoms. The predicted molar refractivity (Wildman–Crippen MR) is 180 cm³/mol. The molecule has 0 atom stereocenters. The molecule has 3 aromatic carbocycles. The van der Waals surface area contributed by atoms with Crippen LogP contribution in [0.5, 0.6) is 0 Å². The first kappa shape index (κ1) is 29.9. The van der Waals surface area contributed by atoms with Crippen molar-refractivity contribution in [1.29, 1.82) is 0 Å². The van der Waals surface area contributed by atoms with Crippen molar-refractivity contribution in [3.63, 3.8) is 0 Å². The van der Waals surface area contributed by atoms with E-state index in [1.165, 1.54) is 0 Å². The van der Waals surface area contributed by atoms with Crippen LogP contribution < -0.4 is 4.90 Å². The summed E-state index contributed by atoms with van der Waals surface area (Å²) in [6.07, 6.45) is 3.32. The van der Waals surface area contributed by atoms with Crippen LogP contribution in [0.1, 0.15) is 46.4 Å². The maximum atomic E-state index is 13.8.